The van der Waals surface area contributed by atoms with Crippen LogP contribution in [0.25, 0.3) is 0 Å². The molecule has 0 aliphatic rings. The molecule has 0 fully saturated rings. The van der Waals surface area contributed by atoms with E-state index in [1.807, 2.05) is 0 Å². The van der Waals surface area contributed by atoms with Gasteiger partial charge in [0.15, 0.2) is 0 Å². The lowest BCUT2D eigenvalue weighted by molar-refractivity contribution is 0.449. The zero-order valence-electron chi connectivity index (χ0n) is 10.2. The van der Waals surface area contributed by atoms with E-state index in [4.69, 9.17) is 5.73 Å². The molecule has 0 saturated heterocycles. The van der Waals surface area contributed by atoms with Crippen molar-refractivity contribution in [1.82, 2.24) is 4.98 Å². The molecule has 2 nitrogen and oxygen atoms in total. The van der Waals surface area contributed by atoms with Gasteiger partial charge in [-0.25, -0.2) is 4.98 Å². The van der Waals surface area contributed by atoms with Crippen LogP contribution in [0.4, 0.5) is 0 Å². The van der Waals surface area contributed by atoms with Crippen LogP contribution in [0.3, 0.4) is 0 Å². The molecule has 0 amide bonds. The molecule has 1 rings (SSSR count). The Morgan fingerprint density at radius 2 is 2.00 bits per heavy atom. The number of hydrogen-bond acceptors (Lipinski definition) is 3. The van der Waals surface area contributed by atoms with Crippen LogP contribution in [0.15, 0.2) is 5.38 Å². The van der Waals surface area contributed by atoms with Crippen molar-refractivity contribution in [2.75, 3.05) is 0 Å². The van der Waals surface area contributed by atoms with E-state index in [9.17, 15) is 0 Å². The Hall–Kier alpha value is -0.410. The molecule has 3 atom stereocenters. The molecular weight excluding hydrogens is 204 g/mol. The second-order valence-corrected chi connectivity index (χ2v) is 5.22. The van der Waals surface area contributed by atoms with Crippen molar-refractivity contribution < 1.29 is 0 Å². The lowest BCUT2D eigenvalue weighted by Gasteiger charge is -2.15. The fourth-order valence-electron chi connectivity index (χ4n) is 1.40. The summed E-state index contributed by atoms with van der Waals surface area (Å²) in [4.78, 5) is 4.64. The Morgan fingerprint density at radius 1 is 1.33 bits per heavy atom. The van der Waals surface area contributed by atoms with E-state index in [-0.39, 0.29) is 6.04 Å². The molecule has 1 aromatic rings. The maximum Gasteiger partial charge on any atom is 0.0957 e. The summed E-state index contributed by atoms with van der Waals surface area (Å²) in [5.74, 6) is 1.07. The summed E-state index contributed by atoms with van der Waals surface area (Å²) < 4.78 is 0. The average Bonchev–Trinajstić information content (AvgIpc) is 2.75. The maximum absolute atomic E-state index is 6.15. The normalized spacial score (nSPS) is 17.4. The zero-order chi connectivity index (χ0) is 11.4. The van der Waals surface area contributed by atoms with Crippen molar-refractivity contribution in [3.63, 3.8) is 0 Å². The van der Waals surface area contributed by atoms with E-state index >= 15 is 0 Å². The van der Waals surface area contributed by atoms with Gasteiger partial charge in [-0.05, 0) is 12.3 Å². The molecule has 1 heterocycles. The Kier molecular flexibility index (Phi) is 4.74. The maximum atomic E-state index is 6.15. The average molecular weight is 226 g/mol. The standard InChI is InChI=1S/C12H22N2S/c1-5-8(3)11(13)10-7-15-12(14-10)9(4)6-2/h7-9,11H,5-6,13H2,1-4H3. The molecule has 1 aromatic heterocycles. The number of nitrogens with two attached hydrogens (primary N) is 1. The van der Waals surface area contributed by atoms with Crippen molar-refractivity contribution in [2.24, 2.45) is 11.7 Å². The highest BCUT2D eigenvalue weighted by Crippen LogP contribution is 2.27. The Balaban J connectivity index is 2.75. The van der Waals surface area contributed by atoms with Crippen molar-refractivity contribution >= 4 is 11.3 Å². The van der Waals surface area contributed by atoms with Gasteiger partial charge in [-0.2, -0.15) is 0 Å². The highest BCUT2D eigenvalue weighted by Gasteiger charge is 2.17. The number of rotatable bonds is 5. The molecule has 3 unspecified atom stereocenters. The van der Waals surface area contributed by atoms with Crippen LogP contribution in [0.5, 0.6) is 0 Å². The SMILES string of the molecule is CCC(C)c1nc(C(N)C(C)CC)cs1. The molecule has 2 N–H and O–H groups in total. The molecule has 0 radical (unpaired) electrons. The van der Waals surface area contributed by atoms with E-state index < -0.39 is 0 Å². The van der Waals surface area contributed by atoms with Gasteiger partial charge in [-0.1, -0.05) is 34.1 Å². The van der Waals surface area contributed by atoms with E-state index in [2.05, 4.69) is 38.1 Å². The Bertz CT molecular complexity index is 296. The minimum absolute atomic E-state index is 0.101. The summed E-state index contributed by atoms with van der Waals surface area (Å²) in [7, 11) is 0. The molecule has 86 valence electrons. The van der Waals surface area contributed by atoms with Gasteiger partial charge in [-0.3, -0.25) is 0 Å². The van der Waals surface area contributed by atoms with E-state index in [1.165, 1.54) is 5.01 Å². The Labute approximate surface area is 96.9 Å². The first-order valence-corrected chi connectivity index (χ1v) is 6.68. The minimum Gasteiger partial charge on any atom is -0.322 e. The van der Waals surface area contributed by atoms with Crippen molar-refractivity contribution in [2.45, 2.75) is 52.5 Å². The minimum atomic E-state index is 0.101. The summed E-state index contributed by atoms with van der Waals surface area (Å²) >= 11 is 1.75. The van der Waals surface area contributed by atoms with Crippen LogP contribution in [-0.2, 0) is 0 Å². The van der Waals surface area contributed by atoms with E-state index in [1.54, 1.807) is 11.3 Å². The lowest BCUT2D eigenvalue weighted by Crippen LogP contribution is -2.18. The van der Waals surface area contributed by atoms with Gasteiger partial charge in [0.25, 0.3) is 0 Å². The van der Waals surface area contributed by atoms with Gasteiger partial charge < -0.3 is 5.73 Å². The second-order valence-electron chi connectivity index (χ2n) is 4.33. The van der Waals surface area contributed by atoms with E-state index in [0.29, 0.717) is 11.8 Å². The number of thiazole rings is 1. The molecule has 15 heavy (non-hydrogen) atoms. The summed E-state index contributed by atoms with van der Waals surface area (Å²) in [5.41, 5.74) is 7.22. The third kappa shape index (κ3) is 3.02. The van der Waals surface area contributed by atoms with Gasteiger partial charge >= 0.3 is 0 Å². The van der Waals surface area contributed by atoms with Crippen LogP contribution in [0, 0.1) is 5.92 Å². The summed E-state index contributed by atoms with van der Waals surface area (Å²) in [5, 5.41) is 3.35. The summed E-state index contributed by atoms with van der Waals surface area (Å²) in [6.45, 7) is 8.77. The van der Waals surface area contributed by atoms with Crippen LogP contribution < -0.4 is 5.73 Å². The topological polar surface area (TPSA) is 38.9 Å². The predicted molar refractivity (Wildman–Crippen MR) is 67.2 cm³/mol. The van der Waals surface area contributed by atoms with Gasteiger partial charge in [0.2, 0.25) is 0 Å². The van der Waals surface area contributed by atoms with Crippen LogP contribution in [-0.4, -0.2) is 4.98 Å². The highest BCUT2D eigenvalue weighted by atomic mass is 32.1. The van der Waals surface area contributed by atoms with Crippen LogP contribution >= 0.6 is 11.3 Å². The van der Waals surface area contributed by atoms with Crippen molar-refractivity contribution in [3.05, 3.63) is 16.1 Å². The number of hydrogen-bond donors (Lipinski definition) is 1. The third-order valence-corrected chi connectivity index (χ3v) is 4.27. The Morgan fingerprint density at radius 3 is 2.53 bits per heavy atom. The van der Waals surface area contributed by atoms with Gasteiger partial charge in [-0.15, -0.1) is 11.3 Å². The second kappa shape index (κ2) is 5.61. The molecule has 0 spiro atoms. The molecule has 0 aliphatic heterocycles. The van der Waals surface area contributed by atoms with Crippen molar-refractivity contribution in [1.29, 1.82) is 0 Å². The smallest absolute Gasteiger partial charge is 0.0957 e. The fourth-order valence-corrected chi connectivity index (χ4v) is 2.41. The number of aromatic nitrogens is 1. The first kappa shape index (κ1) is 12.7. The van der Waals surface area contributed by atoms with Crippen LogP contribution in [0.2, 0.25) is 0 Å². The van der Waals surface area contributed by atoms with Gasteiger partial charge in [0, 0.05) is 11.3 Å². The molecule has 0 saturated carbocycles. The molecule has 0 aliphatic carbocycles. The largest absolute Gasteiger partial charge is 0.322 e. The quantitative estimate of drug-likeness (QED) is 0.831. The number of nitrogens with zero attached hydrogens (tertiary/aromatic N) is 1. The first-order valence-electron chi connectivity index (χ1n) is 5.81. The van der Waals surface area contributed by atoms with Crippen LogP contribution in [0.1, 0.15) is 63.2 Å². The molecule has 3 heteroatoms. The van der Waals surface area contributed by atoms with Crippen molar-refractivity contribution in [3.8, 4) is 0 Å². The zero-order valence-corrected chi connectivity index (χ0v) is 11.0. The highest BCUT2D eigenvalue weighted by molar-refractivity contribution is 7.09. The fraction of sp³-hybridized carbons (Fsp3) is 0.750. The summed E-state index contributed by atoms with van der Waals surface area (Å²) in [6, 6.07) is 0.101. The summed E-state index contributed by atoms with van der Waals surface area (Å²) in [6.07, 6.45) is 2.25. The lowest BCUT2D eigenvalue weighted by atomic mass is 9.98. The van der Waals surface area contributed by atoms with Gasteiger partial charge in [0.05, 0.1) is 16.7 Å². The predicted octanol–water partition coefficient (Wildman–Crippen LogP) is 3.70. The molecule has 0 aromatic carbocycles. The molecular formula is C12H22N2S. The van der Waals surface area contributed by atoms with Gasteiger partial charge in [0.1, 0.15) is 0 Å². The van der Waals surface area contributed by atoms with E-state index in [0.717, 1.165) is 18.5 Å². The molecule has 0 bridgehead atoms. The monoisotopic (exact) mass is 226 g/mol. The third-order valence-electron chi connectivity index (χ3n) is 3.17. The first-order chi connectivity index (χ1) is 7.10.